The van der Waals surface area contributed by atoms with Crippen molar-refractivity contribution >= 4 is 29.5 Å². The number of primary amides is 1. The molecule has 0 aromatic heterocycles. The fraction of sp³-hybridized carbons (Fsp3) is 0.467. The van der Waals surface area contributed by atoms with E-state index < -0.39 is 48.1 Å². The van der Waals surface area contributed by atoms with Crippen LogP contribution < -0.4 is 16.4 Å². The number of carbonyl (C=O) groups excluding carboxylic acids is 4. The number of hydrogen-bond acceptors (Lipinski definition) is 6. The van der Waals surface area contributed by atoms with Crippen LogP contribution in [0, 0.1) is 27.7 Å². The highest BCUT2D eigenvalue weighted by Crippen LogP contribution is 2.28. The van der Waals surface area contributed by atoms with Crippen LogP contribution in [0.1, 0.15) is 67.5 Å². The number of nitrogens with zero attached hydrogens (tertiary/aromatic N) is 1. The first-order chi connectivity index (χ1) is 18.6. The number of aryl methyl sites for hydroxylation is 4. The van der Waals surface area contributed by atoms with Crippen molar-refractivity contribution in [2.75, 3.05) is 18.5 Å². The summed E-state index contributed by atoms with van der Waals surface area (Å²) in [5, 5.41) is 15.5. The lowest BCUT2D eigenvalue weighted by atomic mass is 9.97. The summed E-state index contributed by atoms with van der Waals surface area (Å²) in [6.07, 6.45) is -1.17. The van der Waals surface area contributed by atoms with Gasteiger partial charge in [0.2, 0.25) is 11.8 Å². The maximum Gasteiger partial charge on any atom is 0.408 e. The summed E-state index contributed by atoms with van der Waals surface area (Å²) in [7, 11) is 0. The number of aliphatic hydroxyl groups is 1. The summed E-state index contributed by atoms with van der Waals surface area (Å²) in [5.41, 5.74) is 9.26. The van der Waals surface area contributed by atoms with Crippen molar-refractivity contribution in [1.29, 1.82) is 0 Å². The standard InChI is InChI=1S/C30H42N4O6/c1-18-11-12-22(17-21(18)4)26(27(37)33-25-19(2)9-8-10-20(25)3)34(15-16-35)28(38)23(13-14-24(31)36)32-29(39)40-30(5,6)7/h8-12,17,23,26,35H,13-16H2,1-7H3,(H2,31,36)(H,32,39)(H,33,37). The van der Waals surface area contributed by atoms with E-state index in [0.29, 0.717) is 11.3 Å². The van der Waals surface area contributed by atoms with E-state index in [1.165, 1.54) is 4.90 Å². The van der Waals surface area contributed by atoms with E-state index in [9.17, 15) is 24.3 Å². The van der Waals surface area contributed by atoms with Crippen molar-refractivity contribution < 1.29 is 29.0 Å². The lowest BCUT2D eigenvalue weighted by Gasteiger charge is -2.34. The molecular formula is C30H42N4O6. The summed E-state index contributed by atoms with van der Waals surface area (Å²) >= 11 is 0. The van der Waals surface area contributed by atoms with Crippen molar-refractivity contribution in [2.24, 2.45) is 5.73 Å². The third kappa shape index (κ3) is 9.08. The summed E-state index contributed by atoms with van der Waals surface area (Å²) in [6.45, 7) is 12.0. The minimum Gasteiger partial charge on any atom is -0.444 e. The van der Waals surface area contributed by atoms with Crippen molar-refractivity contribution in [1.82, 2.24) is 10.2 Å². The molecule has 40 heavy (non-hydrogen) atoms. The molecule has 2 aromatic rings. The first-order valence-electron chi connectivity index (χ1n) is 13.3. The molecule has 0 spiro atoms. The monoisotopic (exact) mass is 554 g/mol. The normalized spacial score (nSPS) is 12.7. The number of aliphatic hydroxyl groups excluding tert-OH is 1. The van der Waals surface area contributed by atoms with Crippen molar-refractivity contribution in [3.63, 3.8) is 0 Å². The molecule has 2 unspecified atom stereocenters. The average Bonchev–Trinajstić information content (AvgIpc) is 2.84. The number of ether oxygens (including phenoxy) is 1. The van der Waals surface area contributed by atoms with Gasteiger partial charge in [-0.15, -0.1) is 0 Å². The van der Waals surface area contributed by atoms with Crippen molar-refractivity contribution in [3.05, 3.63) is 64.2 Å². The van der Waals surface area contributed by atoms with Crippen LogP contribution in [0.25, 0.3) is 0 Å². The van der Waals surface area contributed by atoms with Gasteiger partial charge in [0.1, 0.15) is 17.7 Å². The molecular weight excluding hydrogens is 512 g/mol. The van der Waals surface area contributed by atoms with Crippen LogP contribution in [-0.2, 0) is 19.1 Å². The molecule has 2 atom stereocenters. The van der Waals surface area contributed by atoms with Crippen LogP contribution in [0.15, 0.2) is 36.4 Å². The molecule has 0 radical (unpaired) electrons. The zero-order chi connectivity index (χ0) is 30.2. The van der Waals surface area contributed by atoms with Gasteiger partial charge in [-0.2, -0.15) is 0 Å². The Labute approximate surface area is 236 Å². The Morgan fingerprint density at radius 1 is 0.975 bits per heavy atom. The number of nitrogens with two attached hydrogens (primary N) is 1. The Balaban J connectivity index is 2.58. The Kier molecular flexibility index (Phi) is 11.2. The molecule has 0 heterocycles. The predicted molar refractivity (Wildman–Crippen MR) is 154 cm³/mol. The number of para-hydroxylation sites is 1. The highest BCUT2D eigenvalue weighted by molar-refractivity contribution is 6.00. The summed E-state index contributed by atoms with van der Waals surface area (Å²) in [5.74, 6) is -1.81. The van der Waals surface area contributed by atoms with Gasteiger partial charge in [-0.25, -0.2) is 4.79 Å². The number of alkyl carbamates (subject to hydrolysis) is 1. The lowest BCUT2D eigenvalue weighted by molar-refractivity contribution is -0.141. The molecule has 0 saturated carbocycles. The fourth-order valence-corrected chi connectivity index (χ4v) is 4.28. The fourth-order valence-electron chi connectivity index (χ4n) is 4.28. The zero-order valence-electron chi connectivity index (χ0n) is 24.5. The molecule has 218 valence electrons. The molecule has 10 nitrogen and oxygen atoms in total. The molecule has 0 fully saturated rings. The number of amides is 4. The van der Waals surface area contributed by atoms with E-state index in [4.69, 9.17) is 10.5 Å². The molecule has 0 aliphatic rings. The third-order valence-electron chi connectivity index (χ3n) is 6.43. The minimum atomic E-state index is -1.24. The second-order valence-electron chi connectivity index (χ2n) is 11.0. The van der Waals surface area contributed by atoms with Gasteiger partial charge in [-0.3, -0.25) is 14.4 Å². The van der Waals surface area contributed by atoms with E-state index in [-0.39, 0.29) is 19.4 Å². The summed E-state index contributed by atoms with van der Waals surface area (Å²) < 4.78 is 5.33. The average molecular weight is 555 g/mol. The number of carbonyl (C=O) groups is 4. The Hall–Kier alpha value is -3.92. The van der Waals surface area contributed by atoms with E-state index in [1.807, 2.05) is 58.0 Å². The predicted octanol–water partition coefficient (Wildman–Crippen LogP) is 3.58. The SMILES string of the molecule is Cc1ccc(C(C(=O)Nc2c(C)cccc2C)N(CCO)C(=O)C(CCC(N)=O)NC(=O)OC(C)(C)C)cc1C. The van der Waals surface area contributed by atoms with Crippen LogP contribution in [-0.4, -0.2) is 58.6 Å². The molecule has 0 aliphatic heterocycles. The number of benzene rings is 2. The highest BCUT2D eigenvalue weighted by Gasteiger charge is 2.36. The van der Waals surface area contributed by atoms with Crippen LogP contribution in [0.2, 0.25) is 0 Å². The van der Waals surface area contributed by atoms with Crippen LogP contribution in [0.5, 0.6) is 0 Å². The number of rotatable bonds is 11. The van der Waals surface area contributed by atoms with Gasteiger partial charge in [-0.1, -0.05) is 36.4 Å². The first-order valence-corrected chi connectivity index (χ1v) is 13.3. The zero-order valence-corrected chi connectivity index (χ0v) is 24.5. The van der Waals surface area contributed by atoms with E-state index >= 15 is 0 Å². The number of nitrogens with one attached hydrogen (secondary N) is 2. The maximum atomic E-state index is 14.0. The summed E-state index contributed by atoms with van der Waals surface area (Å²) in [6, 6.07) is 8.66. The van der Waals surface area contributed by atoms with Gasteiger partial charge in [0.05, 0.1) is 6.61 Å². The molecule has 2 aromatic carbocycles. The molecule has 0 aliphatic carbocycles. The minimum absolute atomic E-state index is 0.118. The second-order valence-corrected chi connectivity index (χ2v) is 11.0. The molecule has 0 bridgehead atoms. The van der Waals surface area contributed by atoms with Crippen LogP contribution in [0.4, 0.5) is 10.5 Å². The topological polar surface area (TPSA) is 151 Å². The molecule has 2 rings (SSSR count). The Morgan fingerprint density at radius 2 is 1.60 bits per heavy atom. The maximum absolute atomic E-state index is 14.0. The quantitative estimate of drug-likeness (QED) is 0.333. The molecule has 4 amide bonds. The van der Waals surface area contributed by atoms with Gasteiger partial charge in [-0.05, 0) is 82.7 Å². The molecule has 5 N–H and O–H groups in total. The van der Waals surface area contributed by atoms with Crippen LogP contribution in [0.3, 0.4) is 0 Å². The summed E-state index contributed by atoms with van der Waals surface area (Å²) in [4.78, 5) is 53.4. The van der Waals surface area contributed by atoms with Crippen molar-refractivity contribution in [3.8, 4) is 0 Å². The largest absolute Gasteiger partial charge is 0.444 e. The molecule has 10 heteroatoms. The van der Waals surface area contributed by atoms with E-state index in [0.717, 1.165) is 22.3 Å². The Morgan fingerprint density at radius 3 is 2.12 bits per heavy atom. The van der Waals surface area contributed by atoms with Gasteiger partial charge in [0.25, 0.3) is 5.91 Å². The third-order valence-corrected chi connectivity index (χ3v) is 6.43. The van der Waals surface area contributed by atoms with Gasteiger partial charge >= 0.3 is 6.09 Å². The van der Waals surface area contributed by atoms with E-state index in [2.05, 4.69) is 10.6 Å². The highest BCUT2D eigenvalue weighted by atomic mass is 16.6. The van der Waals surface area contributed by atoms with Gasteiger partial charge in [0, 0.05) is 18.7 Å². The molecule has 0 saturated heterocycles. The Bertz CT molecular complexity index is 1220. The van der Waals surface area contributed by atoms with Crippen molar-refractivity contribution in [2.45, 2.75) is 79.0 Å². The first kappa shape index (κ1) is 32.3. The smallest absolute Gasteiger partial charge is 0.408 e. The van der Waals surface area contributed by atoms with Crippen LogP contribution >= 0.6 is 0 Å². The second kappa shape index (κ2) is 13.9. The lowest BCUT2D eigenvalue weighted by Crippen LogP contribution is -2.53. The van der Waals surface area contributed by atoms with Gasteiger partial charge in [0.15, 0.2) is 0 Å². The number of anilines is 1. The van der Waals surface area contributed by atoms with Gasteiger partial charge < -0.3 is 31.1 Å². The van der Waals surface area contributed by atoms with E-state index in [1.54, 1.807) is 26.8 Å². The number of hydrogen-bond donors (Lipinski definition) is 4.